The Bertz CT molecular complexity index is 4950. The van der Waals surface area contributed by atoms with Gasteiger partial charge in [-0.25, -0.2) is 54.1 Å². The van der Waals surface area contributed by atoms with E-state index in [0.29, 0.717) is 216 Å². The minimum Gasteiger partial charge on any atom is -0.460 e. The predicted molar refractivity (Wildman–Crippen MR) is 456 cm³/mol. The van der Waals surface area contributed by atoms with Crippen LogP contribution in [0.25, 0.3) is 33.4 Å². The zero-order chi connectivity index (χ0) is 86.1. The summed E-state index contributed by atoms with van der Waals surface area (Å²) < 4.78 is 31.8. The number of allylic oxidation sites excluding steroid dienone is 6. The molecule has 5 aliphatic heterocycles. The van der Waals surface area contributed by atoms with E-state index >= 15 is 0 Å². The molecule has 4 amide bonds. The van der Waals surface area contributed by atoms with Crippen LogP contribution in [0.1, 0.15) is 177 Å². The summed E-state index contributed by atoms with van der Waals surface area (Å²) in [4.78, 5) is 161. The zero-order valence-corrected chi connectivity index (χ0v) is 70.7. The number of carbonyl (C=O) groups is 8. The van der Waals surface area contributed by atoms with Gasteiger partial charge in [-0.1, -0.05) is 64.2 Å². The van der Waals surface area contributed by atoms with Crippen LogP contribution >= 0.6 is 0 Å². The highest BCUT2D eigenvalue weighted by atomic mass is 16.6. The Kier molecular flexibility index (Phi) is 29.9. The third kappa shape index (κ3) is 22.6. The highest BCUT2D eigenvalue weighted by Crippen LogP contribution is 2.36. The lowest BCUT2D eigenvalue weighted by Gasteiger charge is -2.38. The number of carbonyl (C=O) groups excluding carboxylic acids is 8. The first-order chi connectivity index (χ1) is 58.9. The summed E-state index contributed by atoms with van der Waals surface area (Å²) in [5.74, 6) is -2.16. The highest BCUT2D eigenvalue weighted by molar-refractivity contribution is 6.38. The molecule has 650 valence electrons. The van der Waals surface area contributed by atoms with Gasteiger partial charge in [-0.05, 0) is 151 Å². The molecule has 0 spiro atoms. The van der Waals surface area contributed by atoms with E-state index in [4.69, 9.17) is 39.9 Å². The van der Waals surface area contributed by atoms with Crippen LogP contribution < -0.4 is 36.8 Å². The number of nitrogens with zero attached hydrogens (tertiary/aromatic N) is 16. The van der Waals surface area contributed by atoms with E-state index in [2.05, 4.69) is 60.4 Å². The largest absolute Gasteiger partial charge is 0.460 e. The molecule has 13 rings (SSSR count). The number of nitrogen functional groups attached to an aromatic ring is 2. The fraction of sp³-hybridized carbons (Fsp3) is 0.545. The number of nitrogens with one attached hydrogen (secondary N) is 2. The number of aromatic nitrogens is 11. The maximum absolute atomic E-state index is 14.5. The number of unbranched alkanes of at least 4 members (excludes halogenated alkanes) is 1. The molecule has 10 atom stereocenters. The smallest absolute Gasteiger partial charge is 0.407 e. The van der Waals surface area contributed by atoms with Crippen molar-refractivity contribution in [2.24, 2.45) is 29.6 Å². The van der Waals surface area contributed by atoms with Gasteiger partial charge in [0.2, 0.25) is 23.6 Å². The van der Waals surface area contributed by atoms with Crippen molar-refractivity contribution in [3.63, 3.8) is 0 Å². The standard InChI is InChI=1S/C88H114N20O14/c1-53-15-9-8-10-16-54(2)73(118-7)43-66-23-18-55(3)77(119-66)76(112)82(115)107-29-13-11-17-68(107)83(116)120-65(42-69(109)57(5)40-58(6)71(111)44-70(110)56(4)39-53)26-21-59-19-24-64(25-20-59)121-88(117)98-47-60-45-92-85(93-46-60)105-35-37-106(38-36-105)87-96-50-63(51-97-87)81(114)103-31-33-104(34-32-103)86-94-48-62(49-95-86)80(113)91-28-12-14-30-108-79-74(78(89)99-52-100-79)75(102-108)61-22-27-72-67(41-61)101-84(90)122-72/h8-10,15-16,22,27,40-41,45-46,48-53,55-57,59,64-66,68,71,73,77,111H,11-14,17-21,23-26,28-39,42-44,47H2,1-7H3,(H2,90,101)(H,91,113)(H,98,117)(H2,89,99,100)/b10-8+,15-9+,54-16+,58-40+/t53-,55-,56-,57-,59-,64-,65-,66?,68+,71+,73+,77?/m1/s1. The van der Waals surface area contributed by atoms with E-state index in [9.17, 15) is 43.5 Å². The number of amides is 4. The number of Topliss-reactive ketones (excluding diaryl/α,β-unsaturated/α-hetero) is 3. The molecular weight excluding hydrogens is 1560 g/mol. The van der Waals surface area contributed by atoms with Crippen molar-refractivity contribution in [1.82, 2.24) is 75.1 Å². The number of esters is 1. The second-order valence-corrected chi connectivity index (χ2v) is 33.4. The van der Waals surface area contributed by atoms with Gasteiger partial charge in [0.1, 0.15) is 59.3 Å². The zero-order valence-electron chi connectivity index (χ0n) is 70.7. The van der Waals surface area contributed by atoms with Gasteiger partial charge >= 0.3 is 12.1 Å². The second-order valence-electron chi connectivity index (χ2n) is 33.4. The number of rotatable bonds is 18. The van der Waals surface area contributed by atoms with Crippen LogP contribution in [0.15, 0.2) is 114 Å². The summed E-state index contributed by atoms with van der Waals surface area (Å²) in [6.07, 6.45) is 26.4. The fourth-order valence-electron chi connectivity index (χ4n) is 17.0. The number of anilines is 5. The van der Waals surface area contributed by atoms with E-state index in [1.54, 1.807) is 67.5 Å². The van der Waals surface area contributed by atoms with Crippen molar-refractivity contribution in [3.05, 3.63) is 126 Å². The summed E-state index contributed by atoms with van der Waals surface area (Å²) in [6, 6.07) is 4.49. The molecule has 1 saturated carbocycles. The SMILES string of the molecule is CO[C@H]1CC2CC[C@@H](C)C(O2)C(=O)C(=O)N2CCCC[C@H]2C(=O)O[C@H](CC[C@H]2CC[C@H](OC(=O)NCc3cnc(N4CCN(c5ncc(C(=O)N6CCN(c7ncc(C(=O)NCCCCn8nc(-c9ccc%10oc(N)nc%10c9)c9c(N)ncnc98)cn7)CC6)cn5)CC4)nc3)CC2)CC(=O)[C@H](C)/C=C(\C)[C@@H](O)CC(=O)[C@H](C)C[C@H](C)/C=C/C=C/C=C/1C. The van der Waals surface area contributed by atoms with E-state index in [1.165, 1.54) is 23.6 Å². The molecule has 11 heterocycles. The quantitative estimate of drug-likeness (QED) is 0.0231. The first-order valence-corrected chi connectivity index (χ1v) is 42.9. The van der Waals surface area contributed by atoms with E-state index in [1.807, 2.05) is 80.0 Å². The number of fused-ring (bicyclic) bond motifs is 5. The number of ether oxygens (including phenoxy) is 4. The third-order valence-electron chi connectivity index (χ3n) is 24.4. The molecule has 4 saturated heterocycles. The van der Waals surface area contributed by atoms with Crippen molar-refractivity contribution < 1.29 is 66.8 Å². The van der Waals surface area contributed by atoms with Gasteiger partial charge in [0, 0.05) is 165 Å². The second kappa shape index (κ2) is 41.4. The third-order valence-corrected chi connectivity index (χ3v) is 24.4. The average Bonchev–Trinajstić information content (AvgIpc) is 1.61. The highest BCUT2D eigenvalue weighted by Gasteiger charge is 2.44. The first kappa shape index (κ1) is 88.3. The molecular formula is C88H114N20O14. The maximum Gasteiger partial charge on any atom is 0.407 e. The fourth-order valence-corrected chi connectivity index (χ4v) is 17.0. The van der Waals surface area contributed by atoms with Crippen LogP contribution in [0.2, 0.25) is 0 Å². The number of piperazine rings is 2. The molecule has 2 bridgehead atoms. The number of benzene rings is 1. The molecule has 5 fully saturated rings. The number of cyclic esters (lactones) is 1. The Morgan fingerprint density at radius 3 is 2.07 bits per heavy atom. The summed E-state index contributed by atoms with van der Waals surface area (Å²) in [6.45, 7) is 16.6. The van der Waals surface area contributed by atoms with Gasteiger partial charge in [0.15, 0.2) is 11.2 Å². The number of hydrogen-bond acceptors (Lipinski definition) is 29. The molecule has 0 radical (unpaired) electrons. The minimum absolute atomic E-state index is 0.0701. The van der Waals surface area contributed by atoms with Crippen LogP contribution in [0.5, 0.6) is 0 Å². The molecule has 6 aromatic heterocycles. The van der Waals surface area contributed by atoms with Crippen molar-refractivity contribution in [3.8, 4) is 11.3 Å². The molecule has 34 nitrogen and oxygen atoms in total. The molecule has 7 N–H and O–H groups in total. The molecule has 6 aliphatic rings. The number of aryl methyl sites for hydroxylation is 1. The number of piperidine rings is 1. The number of ketones is 3. The Morgan fingerprint density at radius 1 is 0.689 bits per heavy atom. The van der Waals surface area contributed by atoms with E-state index < -0.39 is 54.0 Å². The lowest BCUT2D eigenvalue weighted by Crippen LogP contribution is -2.55. The summed E-state index contributed by atoms with van der Waals surface area (Å²) in [5.41, 5.74) is 18.0. The number of methoxy groups -OCH3 is 1. The van der Waals surface area contributed by atoms with Crippen molar-refractivity contribution >= 4 is 98.9 Å². The molecule has 7 aromatic rings. The molecule has 122 heavy (non-hydrogen) atoms. The van der Waals surface area contributed by atoms with Crippen LogP contribution in [0, 0.1) is 29.6 Å². The number of aliphatic hydroxyl groups excluding tert-OH is 1. The number of nitrogens with two attached hydrogens (primary N) is 2. The monoisotopic (exact) mass is 1670 g/mol. The van der Waals surface area contributed by atoms with Gasteiger partial charge < -0.3 is 75.1 Å². The minimum atomic E-state index is -1.10. The first-order valence-electron chi connectivity index (χ1n) is 42.9. The Hall–Kier alpha value is -11.5. The summed E-state index contributed by atoms with van der Waals surface area (Å²) >= 11 is 0. The van der Waals surface area contributed by atoms with E-state index in [-0.39, 0.29) is 104 Å². The molecule has 1 aliphatic carbocycles. The normalized spacial score (nSPS) is 26.4. The van der Waals surface area contributed by atoms with E-state index in [0.717, 1.165) is 24.0 Å². The molecule has 34 heteroatoms. The predicted octanol–water partition coefficient (Wildman–Crippen LogP) is 9.28. The van der Waals surface area contributed by atoms with Crippen LogP contribution in [-0.4, -0.2) is 232 Å². The Morgan fingerprint density at radius 2 is 1.37 bits per heavy atom. The number of aliphatic hydroxyl groups is 1. The van der Waals surface area contributed by atoms with Gasteiger partial charge in [-0.15, -0.1) is 0 Å². The number of oxazole rings is 1. The van der Waals surface area contributed by atoms with Gasteiger partial charge in [-0.2, -0.15) is 10.1 Å². The van der Waals surface area contributed by atoms with Crippen LogP contribution in [-0.2, 0) is 56.0 Å². The summed E-state index contributed by atoms with van der Waals surface area (Å²) in [5, 5.41) is 22.6. The lowest BCUT2D eigenvalue weighted by atomic mass is 9.83. The molecule has 1 aromatic carbocycles. The Balaban J connectivity index is 0.526. The van der Waals surface area contributed by atoms with Crippen LogP contribution in [0.4, 0.5) is 34.5 Å². The summed E-state index contributed by atoms with van der Waals surface area (Å²) in [7, 11) is 1.63. The maximum atomic E-state index is 14.5. The number of alkyl carbamates (subject to hydrolysis) is 1. The van der Waals surface area contributed by atoms with Gasteiger partial charge in [0.25, 0.3) is 23.7 Å². The number of hydrogen-bond donors (Lipinski definition) is 5. The Labute approximate surface area is 709 Å². The van der Waals surface area contributed by atoms with Crippen LogP contribution in [0.3, 0.4) is 0 Å². The lowest BCUT2D eigenvalue weighted by molar-refractivity contribution is -0.169. The van der Waals surface area contributed by atoms with Crippen molar-refractivity contribution in [1.29, 1.82) is 0 Å². The molecule has 2 unspecified atom stereocenters. The van der Waals surface area contributed by atoms with Crippen molar-refractivity contribution in [2.75, 3.05) is 98.7 Å². The van der Waals surface area contributed by atoms with Gasteiger partial charge in [-0.3, -0.25) is 28.8 Å². The average molecular weight is 1680 g/mol. The van der Waals surface area contributed by atoms with Crippen molar-refractivity contribution in [2.45, 2.75) is 206 Å². The topological polar surface area (TPSA) is 433 Å². The van der Waals surface area contributed by atoms with Gasteiger partial charge in [0.05, 0.1) is 34.8 Å².